The highest BCUT2D eigenvalue weighted by molar-refractivity contribution is 9.10. The van der Waals surface area contributed by atoms with Crippen molar-refractivity contribution >= 4 is 27.7 Å². The van der Waals surface area contributed by atoms with Crippen LogP contribution in [0.4, 0.5) is 0 Å². The molecule has 1 atom stereocenters. The molecule has 0 radical (unpaired) electrons. The first-order valence-electron chi connectivity index (χ1n) is 5.52. The number of carbonyl (C=O) groups excluding carboxylic acids is 2. The van der Waals surface area contributed by atoms with Gasteiger partial charge in [0.1, 0.15) is 11.2 Å². The second kappa shape index (κ2) is 5.48. The van der Waals surface area contributed by atoms with Crippen molar-refractivity contribution in [2.45, 2.75) is 26.3 Å². The smallest absolute Gasteiger partial charge is 0.271 e. The van der Waals surface area contributed by atoms with Gasteiger partial charge in [0.2, 0.25) is 5.91 Å². The number of amides is 2. The number of primary amides is 1. The molecule has 1 aromatic rings. The van der Waals surface area contributed by atoms with Crippen LogP contribution < -0.4 is 11.1 Å². The highest BCUT2D eigenvalue weighted by Crippen LogP contribution is 2.19. The molecule has 0 bridgehead atoms. The largest absolute Gasteiger partial charge is 0.368 e. The zero-order chi connectivity index (χ0) is 13.9. The van der Waals surface area contributed by atoms with E-state index in [1.165, 1.54) is 6.20 Å². The molecule has 1 aromatic heterocycles. The molecule has 1 rings (SSSR count). The van der Waals surface area contributed by atoms with Crippen LogP contribution in [-0.2, 0) is 4.79 Å². The molecule has 0 aliphatic heterocycles. The zero-order valence-corrected chi connectivity index (χ0v) is 12.1. The van der Waals surface area contributed by atoms with Crippen molar-refractivity contribution in [1.29, 1.82) is 0 Å². The average Bonchev–Trinajstić information content (AvgIpc) is 2.28. The van der Waals surface area contributed by atoms with Crippen LogP contribution >= 0.6 is 15.9 Å². The van der Waals surface area contributed by atoms with Gasteiger partial charge < -0.3 is 11.1 Å². The summed E-state index contributed by atoms with van der Waals surface area (Å²) in [7, 11) is 0. The molecule has 18 heavy (non-hydrogen) atoms. The van der Waals surface area contributed by atoms with Crippen molar-refractivity contribution < 1.29 is 9.59 Å². The SMILES string of the molecule is CC(C)C(C)(NC(=O)c1ncccc1Br)C(N)=O. The molecule has 5 nitrogen and oxygen atoms in total. The molecule has 6 heteroatoms. The maximum Gasteiger partial charge on any atom is 0.271 e. The molecule has 2 amide bonds. The Morgan fingerprint density at radius 1 is 1.50 bits per heavy atom. The lowest BCUT2D eigenvalue weighted by molar-refractivity contribution is -0.125. The highest BCUT2D eigenvalue weighted by Gasteiger charge is 2.37. The lowest BCUT2D eigenvalue weighted by Crippen LogP contribution is -2.58. The number of rotatable bonds is 4. The first kappa shape index (κ1) is 14.6. The Hall–Kier alpha value is -1.43. The number of nitrogens with zero attached hydrogens (tertiary/aromatic N) is 1. The molecular weight excluding hydrogens is 298 g/mol. The summed E-state index contributed by atoms with van der Waals surface area (Å²) >= 11 is 3.24. The predicted octanol–water partition coefficient (Wildman–Crippen LogP) is 1.47. The highest BCUT2D eigenvalue weighted by atomic mass is 79.9. The molecule has 0 aliphatic carbocycles. The van der Waals surface area contributed by atoms with Gasteiger partial charge in [0.15, 0.2) is 0 Å². The summed E-state index contributed by atoms with van der Waals surface area (Å²) < 4.78 is 0.568. The Morgan fingerprint density at radius 2 is 2.11 bits per heavy atom. The van der Waals surface area contributed by atoms with E-state index in [0.717, 1.165) is 0 Å². The molecule has 0 fully saturated rings. The normalized spacial score (nSPS) is 14.1. The van der Waals surface area contributed by atoms with E-state index in [-0.39, 0.29) is 11.6 Å². The number of pyridine rings is 1. The van der Waals surface area contributed by atoms with E-state index < -0.39 is 17.4 Å². The summed E-state index contributed by atoms with van der Waals surface area (Å²) in [5.41, 5.74) is 4.47. The standard InChI is InChI=1S/C12H16BrN3O2/c1-7(2)12(3,11(14)18)16-10(17)9-8(13)5-4-6-15-9/h4-7H,1-3H3,(H2,14,18)(H,16,17). The molecule has 0 aromatic carbocycles. The Labute approximate surface area is 114 Å². The summed E-state index contributed by atoms with van der Waals surface area (Å²) in [4.78, 5) is 27.5. The van der Waals surface area contributed by atoms with Crippen molar-refractivity contribution in [3.63, 3.8) is 0 Å². The summed E-state index contributed by atoms with van der Waals surface area (Å²) in [6.07, 6.45) is 1.51. The fourth-order valence-electron chi connectivity index (χ4n) is 1.34. The summed E-state index contributed by atoms with van der Waals surface area (Å²) in [5.74, 6) is -1.13. The Bertz CT molecular complexity index is 476. The Morgan fingerprint density at radius 3 is 2.56 bits per heavy atom. The molecule has 0 saturated carbocycles. The average molecular weight is 314 g/mol. The van der Waals surface area contributed by atoms with E-state index >= 15 is 0 Å². The van der Waals surface area contributed by atoms with Gasteiger partial charge in [-0.15, -0.1) is 0 Å². The Balaban J connectivity index is 3.00. The lowest BCUT2D eigenvalue weighted by Gasteiger charge is -2.31. The summed E-state index contributed by atoms with van der Waals surface area (Å²) in [6.45, 7) is 5.24. The molecule has 98 valence electrons. The minimum atomic E-state index is -1.10. The van der Waals surface area contributed by atoms with Gasteiger partial charge in [0, 0.05) is 10.7 Å². The first-order chi connectivity index (χ1) is 8.29. The molecule has 3 N–H and O–H groups in total. The van der Waals surface area contributed by atoms with Crippen LogP contribution in [0.25, 0.3) is 0 Å². The van der Waals surface area contributed by atoms with Gasteiger partial charge in [0.25, 0.3) is 5.91 Å². The molecule has 0 spiro atoms. The van der Waals surface area contributed by atoms with Crippen LogP contribution in [0, 0.1) is 5.92 Å². The minimum absolute atomic E-state index is 0.124. The fraction of sp³-hybridized carbons (Fsp3) is 0.417. The number of hydrogen-bond acceptors (Lipinski definition) is 3. The number of nitrogens with two attached hydrogens (primary N) is 1. The van der Waals surface area contributed by atoms with Crippen molar-refractivity contribution in [2.75, 3.05) is 0 Å². The van der Waals surface area contributed by atoms with Gasteiger partial charge in [0.05, 0.1) is 0 Å². The Kier molecular flexibility index (Phi) is 4.45. The third-order valence-corrected chi connectivity index (χ3v) is 3.65. The van der Waals surface area contributed by atoms with Crippen LogP contribution in [0.1, 0.15) is 31.3 Å². The topological polar surface area (TPSA) is 85.1 Å². The van der Waals surface area contributed by atoms with E-state index in [4.69, 9.17) is 5.73 Å². The van der Waals surface area contributed by atoms with Gasteiger partial charge >= 0.3 is 0 Å². The molecule has 1 unspecified atom stereocenters. The summed E-state index contributed by atoms with van der Waals surface area (Å²) in [5, 5.41) is 2.64. The van der Waals surface area contributed by atoms with Gasteiger partial charge in [-0.2, -0.15) is 0 Å². The third kappa shape index (κ3) is 2.87. The van der Waals surface area contributed by atoms with E-state index in [9.17, 15) is 9.59 Å². The number of hydrogen-bond donors (Lipinski definition) is 2. The van der Waals surface area contributed by atoms with Crippen molar-refractivity contribution in [3.05, 3.63) is 28.5 Å². The third-order valence-electron chi connectivity index (χ3n) is 3.01. The number of halogens is 1. The van der Waals surface area contributed by atoms with Gasteiger partial charge in [-0.1, -0.05) is 13.8 Å². The van der Waals surface area contributed by atoms with Gasteiger partial charge in [-0.25, -0.2) is 4.98 Å². The lowest BCUT2D eigenvalue weighted by atomic mass is 9.87. The van der Waals surface area contributed by atoms with Crippen LogP contribution in [0.2, 0.25) is 0 Å². The van der Waals surface area contributed by atoms with Crippen LogP contribution in [0.3, 0.4) is 0 Å². The van der Waals surface area contributed by atoms with E-state index in [1.54, 1.807) is 19.1 Å². The first-order valence-corrected chi connectivity index (χ1v) is 6.31. The van der Waals surface area contributed by atoms with Crippen LogP contribution in [-0.4, -0.2) is 22.3 Å². The van der Waals surface area contributed by atoms with E-state index in [0.29, 0.717) is 4.47 Å². The molecule has 1 heterocycles. The van der Waals surface area contributed by atoms with Gasteiger partial charge in [-0.3, -0.25) is 9.59 Å². The minimum Gasteiger partial charge on any atom is -0.368 e. The molecule has 0 saturated heterocycles. The van der Waals surface area contributed by atoms with Crippen LogP contribution in [0.15, 0.2) is 22.8 Å². The van der Waals surface area contributed by atoms with Gasteiger partial charge in [-0.05, 0) is 40.9 Å². The van der Waals surface area contributed by atoms with Crippen molar-refractivity contribution in [1.82, 2.24) is 10.3 Å². The second-order valence-electron chi connectivity index (χ2n) is 4.51. The maximum absolute atomic E-state index is 12.1. The summed E-state index contributed by atoms with van der Waals surface area (Å²) in [6, 6.07) is 3.41. The predicted molar refractivity (Wildman–Crippen MR) is 71.8 cm³/mol. The quantitative estimate of drug-likeness (QED) is 0.882. The van der Waals surface area contributed by atoms with Crippen molar-refractivity contribution in [3.8, 4) is 0 Å². The van der Waals surface area contributed by atoms with Crippen molar-refractivity contribution in [2.24, 2.45) is 11.7 Å². The fourth-order valence-corrected chi connectivity index (χ4v) is 1.77. The van der Waals surface area contributed by atoms with E-state index in [1.807, 2.05) is 13.8 Å². The number of nitrogens with one attached hydrogen (secondary N) is 1. The second-order valence-corrected chi connectivity index (χ2v) is 5.36. The maximum atomic E-state index is 12.1. The number of carbonyl (C=O) groups is 2. The van der Waals surface area contributed by atoms with Crippen LogP contribution in [0.5, 0.6) is 0 Å². The monoisotopic (exact) mass is 313 g/mol. The molecule has 0 aliphatic rings. The zero-order valence-electron chi connectivity index (χ0n) is 10.5. The molecular formula is C12H16BrN3O2. The van der Waals surface area contributed by atoms with E-state index in [2.05, 4.69) is 26.2 Å². The number of aromatic nitrogens is 1.